The summed E-state index contributed by atoms with van der Waals surface area (Å²) in [7, 11) is 0. The second-order valence-corrected chi connectivity index (χ2v) is 9.68. The molecule has 1 N–H and O–H groups in total. The molecule has 0 radical (unpaired) electrons. The first kappa shape index (κ1) is 16.7. The average Bonchev–Trinajstić information content (AvgIpc) is 3.30. The predicted molar refractivity (Wildman–Crippen MR) is 106 cm³/mol. The van der Waals surface area contributed by atoms with Gasteiger partial charge in [-0.05, 0) is 69.1 Å². The Kier molecular flexibility index (Phi) is 3.68. The third kappa shape index (κ3) is 2.70. The van der Waals surface area contributed by atoms with E-state index in [-0.39, 0.29) is 18.0 Å². The van der Waals surface area contributed by atoms with Gasteiger partial charge in [0.25, 0.3) is 0 Å². The summed E-state index contributed by atoms with van der Waals surface area (Å²) in [5.41, 5.74) is 1.63. The number of anilines is 1. The average molecular weight is 380 g/mol. The number of carbonyl (C=O) groups is 1. The zero-order valence-electron chi connectivity index (χ0n) is 16.3. The molecule has 4 aliphatic carbocycles. The van der Waals surface area contributed by atoms with Crippen LogP contribution in [0.1, 0.15) is 51.4 Å². The molecule has 7 rings (SSSR count). The maximum absolute atomic E-state index is 13.0. The zero-order chi connectivity index (χ0) is 18.7. The van der Waals surface area contributed by atoms with Gasteiger partial charge in [0, 0.05) is 18.6 Å². The van der Waals surface area contributed by atoms with Crippen molar-refractivity contribution in [1.82, 2.24) is 24.8 Å². The molecule has 28 heavy (non-hydrogen) atoms. The Labute approximate surface area is 164 Å². The van der Waals surface area contributed by atoms with E-state index in [4.69, 9.17) is 0 Å². The van der Waals surface area contributed by atoms with Crippen molar-refractivity contribution in [1.29, 1.82) is 0 Å². The fraction of sp³-hybridized carbons (Fsp3) is 0.714. The highest BCUT2D eigenvalue weighted by atomic mass is 16.2. The fourth-order valence-electron chi connectivity index (χ4n) is 6.90. The van der Waals surface area contributed by atoms with Gasteiger partial charge in [0.15, 0.2) is 17.0 Å². The number of hydrogen-bond acceptors (Lipinski definition) is 5. The van der Waals surface area contributed by atoms with Gasteiger partial charge in [-0.1, -0.05) is 0 Å². The van der Waals surface area contributed by atoms with E-state index in [1.807, 2.05) is 4.57 Å². The van der Waals surface area contributed by atoms with Gasteiger partial charge in [-0.15, -0.1) is 0 Å². The van der Waals surface area contributed by atoms with Crippen LogP contribution in [0.25, 0.3) is 11.2 Å². The number of hydrogen-bond donors (Lipinski definition) is 1. The molecule has 0 spiro atoms. The number of imidazole rings is 1. The van der Waals surface area contributed by atoms with Crippen LogP contribution < -0.4 is 10.2 Å². The molecule has 7 nitrogen and oxygen atoms in total. The summed E-state index contributed by atoms with van der Waals surface area (Å²) in [6.45, 7) is 2.33. The number of fused-ring (bicyclic) bond motifs is 1. The van der Waals surface area contributed by atoms with E-state index >= 15 is 0 Å². The molecule has 1 amide bonds. The molecule has 0 atom stereocenters. The number of nitrogens with one attached hydrogen (secondary N) is 1. The van der Waals surface area contributed by atoms with Crippen LogP contribution in [0.2, 0.25) is 0 Å². The molecular weight excluding hydrogens is 352 g/mol. The first-order valence-electron chi connectivity index (χ1n) is 10.9. The van der Waals surface area contributed by atoms with Gasteiger partial charge < -0.3 is 14.8 Å². The SMILES string of the molecule is O=C(Cn1cnc2c(N3CCCC3)ncnc21)NC12CC3CC(CC(C3)C1)C2. The largest absolute Gasteiger partial charge is 0.355 e. The topological polar surface area (TPSA) is 75.9 Å². The minimum absolute atomic E-state index is 0.0535. The third-order valence-corrected chi connectivity index (χ3v) is 7.54. The molecule has 148 valence electrons. The second kappa shape index (κ2) is 6.16. The van der Waals surface area contributed by atoms with Crippen LogP contribution in [0.4, 0.5) is 5.82 Å². The standard InChI is InChI=1S/C21H28N6O/c28-17(25-21-8-14-5-15(9-21)7-16(6-14)10-21)11-27-13-24-18-19(22-12-23-20(18)27)26-3-1-2-4-26/h12-16H,1-11H2,(H,25,28). The minimum Gasteiger partial charge on any atom is -0.355 e. The van der Waals surface area contributed by atoms with Crippen molar-refractivity contribution >= 4 is 22.9 Å². The monoisotopic (exact) mass is 380 g/mol. The molecule has 5 fully saturated rings. The maximum atomic E-state index is 13.0. The lowest BCUT2D eigenvalue weighted by Crippen LogP contribution is -2.60. The molecule has 1 saturated heterocycles. The Hall–Kier alpha value is -2.18. The lowest BCUT2D eigenvalue weighted by Gasteiger charge is -2.56. The molecule has 0 aromatic carbocycles. The summed E-state index contributed by atoms with van der Waals surface area (Å²) in [6.07, 6.45) is 13.4. The molecule has 4 bridgehead atoms. The van der Waals surface area contributed by atoms with Gasteiger partial charge >= 0.3 is 0 Å². The van der Waals surface area contributed by atoms with Gasteiger partial charge in [0.2, 0.25) is 5.91 Å². The molecule has 3 heterocycles. The summed E-state index contributed by atoms with van der Waals surface area (Å²) in [5.74, 6) is 3.49. The second-order valence-electron chi connectivity index (χ2n) is 9.68. The summed E-state index contributed by atoms with van der Waals surface area (Å²) in [6, 6.07) is 0. The van der Waals surface area contributed by atoms with Gasteiger partial charge in [0.1, 0.15) is 12.9 Å². The van der Waals surface area contributed by atoms with Gasteiger partial charge in [0.05, 0.1) is 6.33 Å². The van der Waals surface area contributed by atoms with Crippen LogP contribution in [0, 0.1) is 17.8 Å². The van der Waals surface area contributed by atoms with Crippen molar-refractivity contribution < 1.29 is 4.79 Å². The molecular formula is C21H28N6O. The first-order valence-corrected chi connectivity index (χ1v) is 10.9. The fourth-order valence-corrected chi connectivity index (χ4v) is 6.90. The summed E-state index contributed by atoms with van der Waals surface area (Å²) >= 11 is 0. The Morgan fingerprint density at radius 1 is 1.04 bits per heavy atom. The Bertz CT molecular complexity index is 879. The van der Waals surface area contributed by atoms with Crippen LogP contribution >= 0.6 is 0 Å². The number of rotatable bonds is 4. The summed E-state index contributed by atoms with van der Waals surface area (Å²) in [4.78, 5) is 28.7. The molecule has 4 saturated carbocycles. The van der Waals surface area contributed by atoms with Crippen molar-refractivity contribution in [3.05, 3.63) is 12.7 Å². The lowest BCUT2D eigenvalue weighted by molar-refractivity contribution is -0.127. The molecule has 5 aliphatic rings. The Balaban J connectivity index is 1.22. The Morgan fingerprint density at radius 2 is 1.71 bits per heavy atom. The van der Waals surface area contributed by atoms with Gasteiger partial charge in [-0.2, -0.15) is 0 Å². The van der Waals surface area contributed by atoms with Crippen molar-refractivity contribution in [3.8, 4) is 0 Å². The maximum Gasteiger partial charge on any atom is 0.240 e. The van der Waals surface area contributed by atoms with Crippen molar-refractivity contribution in [2.45, 2.75) is 63.5 Å². The summed E-state index contributed by atoms with van der Waals surface area (Å²) < 4.78 is 1.88. The quantitative estimate of drug-likeness (QED) is 0.882. The number of amides is 1. The van der Waals surface area contributed by atoms with E-state index in [0.717, 1.165) is 47.8 Å². The van der Waals surface area contributed by atoms with Crippen molar-refractivity contribution in [3.63, 3.8) is 0 Å². The van der Waals surface area contributed by atoms with E-state index in [1.165, 1.54) is 51.4 Å². The zero-order valence-corrected chi connectivity index (χ0v) is 16.3. The third-order valence-electron chi connectivity index (χ3n) is 7.54. The number of aromatic nitrogens is 4. The van der Waals surface area contributed by atoms with E-state index in [2.05, 4.69) is 25.2 Å². The predicted octanol–water partition coefficient (Wildman–Crippen LogP) is 2.51. The van der Waals surface area contributed by atoms with E-state index in [9.17, 15) is 4.79 Å². The highest BCUT2D eigenvalue weighted by molar-refractivity contribution is 5.85. The van der Waals surface area contributed by atoms with Crippen LogP contribution in [0.3, 0.4) is 0 Å². The molecule has 1 aliphatic heterocycles. The van der Waals surface area contributed by atoms with Gasteiger partial charge in [-0.25, -0.2) is 15.0 Å². The molecule has 2 aromatic heterocycles. The normalized spacial score (nSPS) is 33.7. The van der Waals surface area contributed by atoms with Crippen LogP contribution in [-0.2, 0) is 11.3 Å². The lowest BCUT2D eigenvalue weighted by atomic mass is 9.53. The molecule has 7 heteroatoms. The van der Waals surface area contributed by atoms with Crippen LogP contribution in [0.15, 0.2) is 12.7 Å². The van der Waals surface area contributed by atoms with Crippen molar-refractivity contribution in [2.24, 2.45) is 17.8 Å². The van der Waals surface area contributed by atoms with E-state index < -0.39 is 0 Å². The van der Waals surface area contributed by atoms with Crippen LogP contribution in [0.5, 0.6) is 0 Å². The molecule has 2 aromatic rings. The number of carbonyl (C=O) groups excluding carboxylic acids is 1. The highest BCUT2D eigenvalue weighted by Crippen LogP contribution is 2.55. The first-order chi connectivity index (χ1) is 13.7. The molecule has 0 unspecified atom stereocenters. The van der Waals surface area contributed by atoms with E-state index in [1.54, 1.807) is 12.7 Å². The highest BCUT2D eigenvalue weighted by Gasteiger charge is 2.51. The van der Waals surface area contributed by atoms with Gasteiger partial charge in [-0.3, -0.25) is 4.79 Å². The van der Waals surface area contributed by atoms with Crippen molar-refractivity contribution in [2.75, 3.05) is 18.0 Å². The van der Waals surface area contributed by atoms with Crippen LogP contribution in [-0.4, -0.2) is 44.1 Å². The smallest absolute Gasteiger partial charge is 0.240 e. The Morgan fingerprint density at radius 3 is 2.39 bits per heavy atom. The minimum atomic E-state index is 0.0535. The van der Waals surface area contributed by atoms with E-state index in [0.29, 0.717) is 0 Å². The summed E-state index contributed by atoms with van der Waals surface area (Å²) in [5, 5.41) is 3.46. The number of nitrogens with zero attached hydrogens (tertiary/aromatic N) is 5.